The number of benzene rings is 2. The lowest BCUT2D eigenvalue weighted by Crippen LogP contribution is -2.36. The minimum absolute atomic E-state index is 0.0725. The van der Waals surface area contributed by atoms with E-state index < -0.39 is 65.4 Å². The van der Waals surface area contributed by atoms with E-state index in [-0.39, 0.29) is 12.2 Å². The number of carbonyl (C=O) groups is 2. The van der Waals surface area contributed by atoms with Crippen LogP contribution in [0.3, 0.4) is 0 Å². The highest BCUT2D eigenvalue weighted by molar-refractivity contribution is 5.80. The highest BCUT2D eigenvalue weighted by Crippen LogP contribution is 2.42. The number of carbonyl (C=O) groups excluding carboxylic acids is 2. The standard InChI is InChI=1S/C23H25F5N2O3.C4H10/c1-5-33-18(32)9-16(30-17(31)10-29)20-21(24)14(8-15(22(20)25)23(26,27)28)19-12(3)6-11(2)7-13(19)4;1-4(2)3/h6-8,16H,5,9-10,29H2,1-4H3,(H,30,31);4H,1-3H3. The largest absolute Gasteiger partial charge is 0.466 e. The molecule has 2 aromatic rings. The summed E-state index contributed by atoms with van der Waals surface area (Å²) < 4.78 is 76.9. The number of rotatable bonds is 7. The van der Waals surface area contributed by atoms with E-state index in [9.17, 15) is 22.8 Å². The van der Waals surface area contributed by atoms with Crippen molar-refractivity contribution in [2.24, 2.45) is 11.7 Å². The molecule has 0 aliphatic carbocycles. The molecule has 0 saturated carbocycles. The molecular formula is C27H35F5N2O3. The molecule has 0 radical (unpaired) electrons. The fraction of sp³-hybridized carbons (Fsp3) is 0.481. The predicted molar refractivity (Wildman–Crippen MR) is 133 cm³/mol. The van der Waals surface area contributed by atoms with E-state index in [0.29, 0.717) is 17.2 Å². The first-order valence-electron chi connectivity index (χ1n) is 11.9. The summed E-state index contributed by atoms with van der Waals surface area (Å²) in [6, 6.07) is 1.95. The SMILES string of the molecule is CC(C)C.CCOC(=O)CC(NC(=O)CN)c1c(F)c(-c2c(C)cc(C)cc2C)cc(C(F)(F)F)c1F. The minimum Gasteiger partial charge on any atom is -0.466 e. The number of alkyl halides is 3. The summed E-state index contributed by atoms with van der Waals surface area (Å²) >= 11 is 0. The van der Waals surface area contributed by atoms with E-state index in [2.05, 4.69) is 26.1 Å². The van der Waals surface area contributed by atoms with Gasteiger partial charge >= 0.3 is 12.1 Å². The number of nitrogens with two attached hydrogens (primary N) is 1. The Bertz CT molecular complexity index is 1090. The Morgan fingerprint density at radius 2 is 1.51 bits per heavy atom. The number of nitrogens with one attached hydrogen (secondary N) is 1. The van der Waals surface area contributed by atoms with Gasteiger partial charge in [-0.2, -0.15) is 13.2 Å². The molecule has 0 aliphatic heterocycles. The van der Waals surface area contributed by atoms with Crippen molar-refractivity contribution < 1.29 is 36.3 Å². The van der Waals surface area contributed by atoms with Crippen molar-refractivity contribution in [3.05, 3.63) is 57.7 Å². The normalized spacial score (nSPS) is 12.1. The molecule has 206 valence electrons. The second-order valence-corrected chi connectivity index (χ2v) is 9.35. The highest BCUT2D eigenvalue weighted by Gasteiger charge is 2.40. The number of ether oxygens (including phenoxy) is 1. The van der Waals surface area contributed by atoms with E-state index in [1.54, 1.807) is 32.9 Å². The summed E-state index contributed by atoms with van der Waals surface area (Å²) in [5, 5.41) is 2.14. The van der Waals surface area contributed by atoms with E-state index in [1.807, 2.05) is 0 Å². The van der Waals surface area contributed by atoms with E-state index in [0.717, 1.165) is 11.5 Å². The van der Waals surface area contributed by atoms with E-state index in [4.69, 9.17) is 10.5 Å². The molecule has 1 atom stereocenters. The third-order valence-corrected chi connectivity index (χ3v) is 5.03. The molecule has 3 N–H and O–H groups in total. The van der Waals surface area contributed by atoms with Gasteiger partial charge in [-0.05, 0) is 56.4 Å². The summed E-state index contributed by atoms with van der Waals surface area (Å²) in [5.74, 6) is -4.27. The maximum absolute atomic E-state index is 15.7. The third-order valence-electron chi connectivity index (χ3n) is 5.03. The van der Waals surface area contributed by atoms with Crippen molar-refractivity contribution in [2.75, 3.05) is 13.2 Å². The summed E-state index contributed by atoms with van der Waals surface area (Å²) in [6.45, 7) is 12.3. The van der Waals surface area contributed by atoms with E-state index in [1.165, 1.54) is 6.92 Å². The van der Waals surface area contributed by atoms with Gasteiger partial charge in [-0.25, -0.2) is 8.78 Å². The highest BCUT2D eigenvalue weighted by atomic mass is 19.4. The Labute approximate surface area is 214 Å². The van der Waals surface area contributed by atoms with Gasteiger partial charge in [0.15, 0.2) is 0 Å². The lowest BCUT2D eigenvalue weighted by molar-refractivity contribution is -0.143. The van der Waals surface area contributed by atoms with Gasteiger partial charge in [0.25, 0.3) is 0 Å². The molecule has 0 aromatic heterocycles. The minimum atomic E-state index is -5.17. The number of hydrogen-bond donors (Lipinski definition) is 2. The lowest BCUT2D eigenvalue weighted by atomic mass is 9.88. The molecule has 0 aliphatic rings. The fourth-order valence-corrected chi connectivity index (χ4v) is 3.82. The van der Waals surface area contributed by atoms with Crippen molar-refractivity contribution in [1.29, 1.82) is 0 Å². The van der Waals surface area contributed by atoms with Crippen molar-refractivity contribution in [3.8, 4) is 11.1 Å². The fourth-order valence-electron chi connectivity index (χ4n) is 3.82. The third kappa shape index (κ3) is 8.80. The van der Waals surface area contributed by atoms with Crippen LogP contribution in [-0.2, 0) is 20.5 Å². The first-order chi connectivity index (χ1) is 17.0. The second-order valence-electron chi connectivity index (χ2n) is 9.35. The quantitative estimate of drug-likeness (QED) is 0.325. The van der Waals surface area contributed by atoms with Gasteiger partial charge < -0.3 is 15.8 Å². The second kappa shape index (κ2) is 13.5. The van der Waals surface area contributed by atoms with Gasteiger partial charge in [0.05, 0.1) is 31.2 Å². The maximum Gasteiger partial charge on any atom is 0.419 e. The first-order valence-corrected chi connectivity index (χ1v) is 11.9. The molecule has 0 bridgehead atoms. The van der Waals surface area contributed by atoms with Crippen LogP contribution in [-0.4, -0.2) is 25.0 Å². The van der Waals surface area contributed by atoms with Crippen LogP contribution in [0.25, 0.3) is 11.1 Å². The molecule has 37 heavy (non-hydrogen) atoms. The Kier molecular flexibility index (Phi) is 11.7. The Morgan fingerprint density at radius 3 is 1.95 bits per heavy atom. The molecule has 2 aromatic carbocycles. The number of esters is 1. The summed E-state index contributed by atoms with van der Waals surface area (Å²) in [7, 11) is 0. The van der Waals surface area contributed by atoms with Crippen LogP contribution in [0.4, 0.5) is 22.0 Å². The average molecular weight is 531 g/mol. The smallest absolute Gasteiger partial charge is 0.419 e. The molecule has 0 saturated heterocycles. The van der Waals surface area contributed by atoms with Crippen LogP contribution < -0.4 is 11.1 Å². The van der Waals surface area contributed by atoms with Gasteiger partial charge in [-0.3, -0.25) is 9.59 Å². The number of hydrogen-bond acceptors (Lipinski definition) is 4. The average Bonchev–Trinajstić information content (AvgIpc) is 2.73. The summed E-state index contributed by atoms with van der Waals surface area (Å²) in [6.07, 6.45) is -5.96. The van der Waals surface area contributed by atoms with E-state index >= 15 is 8.78 Å². The molecular weight excluding hydrogens is 495 g/mol. The molecule has 0 heterocycles. The van der Waals surface area contributed by atoms with Gasteiger partial charge in [0.2, 0.25) is 5.91 Å². The Morgan fingerprint density at radius 1 is 1.00 bits per heavy atom. The van der Waals surface area contributed by atoms with Crippen molar-refractivity contribution in [3.63, 3.8) is 0 Å². The van der Waals surface area contributed by atoms with Gasteiger partial charge in [-0.15, -0.1) is 0 Å². The molecule has 0 spiro atoms. The zero-order valence-corrected chi connectivity index (χ0v) is 22.2. The summed E-state index contributed by atoms with van der Waals surface area (Å²) in [5.41, 5.74) is 3.86. The van der Waals surface area contributed by atoms with Crippen molar-refractivity contribution in [1.82, 2.24) is 5.32 Å². The van der Waals surface area contributed by atoms with Crippen LogP contribution in [0.5, 0.6) is 0 Å². The van der Waals surface area contributed by atoms with Crippen molar-refractivity contribution in [2.45, 2.75) is 67.1 Å². The Balaban J connectivity index is 0.00000159. The van der Waals surface area contributed by atoms with Gasteiger partial charge in [0.1, 0.15) is 11.6 Å². The van der Waals surface area contributed by atoms with Crippen LogP contribution in [0, 0.1) is 38.3 Å². The predicted octanol–water partition coefficient (Wildman–Crippen LogP) is 6.31. The monoisotopic (exact) mass is 530 g/mol. The van der Waals surface area contributed by atoms with Crippen LogP contribution in [0.15, 0.2) is 18.2 Å². The first kappa shape index (κ1) is 32.0. The number of aryl methyl sites for hydroxylation is 3. The molecule has 1 amide bonds. The van der Waals surface area contributed by atoms with Crippen LogP contribution in [0.1, 0.15) is 68.0 Å². The van der Waals surface area contributed by atoms with Crippen LogP contribution >= 0.6 is 0 Å². The zero-order valence-electron chi connectivity index (χ0n) is 22.2. The number of halogens is 5. The van der Waals surface area contributed by atoms with Gasteiger partial charge in [0, 0.05) is 11.1 Å². The molecule has 10 heteroatoms. The zero-order chi connectivity index (χ0) is 28.7. The Hall–Kier alpha value is -3.01. The summed E-state index contributed by atoms with van der Waals surface area (Å²) in [4.78, 5) is 23.9. The number of amides is 1. The molecule has 5 nitrogen and oxygen atoms in total. The van der Waals surface area contributed by atoms with Gasteiger partial charge in [-0.1, -0.05) is 38.5 Å². The van der Waals surface area contributed by atoms with Crippen molar-refractivity contribution >= 4 is 11.9 Å². The molecule has 0 fully saturated rings. The topological polar surface area (TPSA) is 81.4 Å². The lowest BCUT2D eigenvalue weighted by Gasteiger charge is -2.24. The molecule has 2 rings (SSSR count). The molecule has 1 unspecified atom stereocenters. The maximum atomic E-state index is 15.7. The van der Waals surface area contributed by atoms with Crippen LogP contribution in [0.2, 0.25) is 0 Å².